The van der Waals surface area contributed by atoms with E-state index in [0.29, 0.717) is 0 Å². The van der Waals surface area contributed by atoms with Crippen LogP contribution in [0.15, 0.2) is 30.3 Å². The minimum absolute atomic E-state index is 0. The largest absolute Gasteiger partial charge is 0.504 e. The smallest absolute Gasteiger partial charge is 0.343 e. The van der Waals surface area contributed by atoms with Crippen molar-refractivity contribution in [3.8, 4) is 34.5 Å². The Morgan fingerprint density at radius 3 is 2.00 bits per heavy atom. The van der Waals surface area contributed by atoms with Crippen molar-refractivity contribution < 1.29 is 35.1 Å². The van der Waals surface area contributed by atoms with E-state index in [4.69, 9.17) is 9.84 Å². The number of halogens is 1. The zero-order valence-corrected chi connectivity index (χ0v) is 11.2. The molecule has 8 heteroatoms. The molecule has 0 amide bonds. The number of carbonyl (C=O) groups excluding carboxylic acids is 1. The van der Waals surface area contributed by atoms with Crippen LogP contribution in [0.5, 0.6) is 34.5 Å². The quantitative estimate of drug-likeness (QED) is 0.325. The first-order valence-electron chi connectivity index (χ1n) is 5.38. The van der Waals surface area contributed by atoms with E-state index >= 15 is 0 Å². The first-order valence-corrected chi connectivity index (χ1v) is 5.38. The zero-order chi connectivity index (χ0) is 14.9. The van der Waals surface area contributed by atoms with Crippen LogP contribution in [0.4, 0.5) is 0 Å². The average molecular weight is 315 g/mol. The predicted molar refractivity (Wildman–Crippen MR) is 73.4 cm³/mol. The fraction of sp³-hybridized carbons (Fsp3) is 0. The molecule has 0 fully saturated rings. The number of esters is 1. The number of benzene rings is 2. The van der Waals surface area contributed by atoms with Gasteiger partial charge in [-0.15, -0.1) is 12.4 Å². The second-order valence-electron chi connectivity index (χ2n) is 3.88. The molecule has 0 atom stereocenters. The van der Waals surface area contributed by atoms with Crippen molar-refractivity contribution in [2.75, 3.05) is 0 Å². The molecule has 0 aliphatic carbocycles. The lowest BCUT2D eigenvalue weighted by Crippen LogP contribution is -2.08. The fourth-order valence-electron chi connectivity index (χ4n) is 1.47. The monoisotopic (exact) mass is 314 g/mol. The van der Waals surface area contributed by atoms with Crippen LogP contribution in [-0.4, -0.2) is 31.5 Å². The molecule has 21 heavy (non-hydrogen) atoms. The van der Waals surface area contributed by atoms with E-state index < -0.39 is 34.7 Å². The number of ether oxygens (including phenoxy) is 1. The topological polar surface area (TPSA) is 127 Å². The normalized spacial score (nSPS) is 9.71. The van der Waals surface area contributed by atoms with Crippen molar-refractivity contribution in [3.05, 3.63) is 35.9 Å². The molecule has 0 unspecified atom stereocenters. The highest BCUT2D eigenvalue weighted by Crippen LogP contribution is 2.37. The van der Waals surface area contributed by atoms with Crippen LogP contribution in [0.2, 0.25) is 0 Å². The Kier molecular flexibility index (Phi) is 4.72. The van der Waals surface area contributed by atoms with Crippen molar-refractivity contribution in [1.82, 2.24) is 0 Å². The molecule has 7 nitrogen and oxygen atoms in total. The van der Waals surface area contributed by atoms with Gasteiger partial charge >= 0.3 is 5.97 Å². The van der Waals surface area contributed by atoms with Gasteiger partial charge in [-0.1, -0.05) is 6.07 Å². The first-order chi connectivity index (χ1) is 9.40. The molecular formula is C13H11ClO7. The molecule has 0 heterocycles. The van der Waals surface area contributed by atoms with Gasteiger partial charge in [-0.3, -0.25) is 0 Å². The number of aromatic hydroxyl groups is 5. The molecule has 0 aliphatic heterocycles. The Hall–Kier alpha value is -2.80. The van der Waals surface area contributed by atoms with Gasteiger partial charge in [0, 0.05) is 0 Å². The van der Waals surface area contributed by atoms with Crippen molar-refractivity contribution in [2.24, 2.45) is 0 Å². The SMILES string of the molecule is Cl.O=C(Oc1cccc(O)c1O)c1cc(O)c(O)c(O)c1. The number of rotatable bonds is 2. The summed E-state index contributed by atoms with van der Waals surface area (Å²) in [6.45, 7) is 0. The molecule has 0 aromatic heterocycles. The number of para-hydroxylation sites is 1. The van der Waals surface area contributed by atoms with Gasteiger partial charge in [-0.05, 0) is 24.3 Å². The summed E-state index contributed by atoms with van der Waals surface area (Å²) in [5.74, 6) is -4.53. The Labute approximate surface area is 124 Å². The van der Waals surface area contributed by atoms with Crippen LogP contribution >= 0.6 is 12.4 Å². The van der Waals surface area contributed by atoms with Gasteiger partial charge in [-0.25, -0.2) is 4.79 Å². The van der Waals surface area contributed by atoms with E-state index in [9.17, 15) is 25.2 Å². The highest BCUT2D eigenvalue weighted by atomic mass is 35.5. The molecule has 2 aromatic carbocycles. The van der Waals surface area contributed by atoms with Gasteiger partial charge in [0.1, 0.15) is 0 Å². The number of hydrogen-bond acceptors (Lipinski definition) is 7. The summed E-state index contributed by atoms with van der Waals surface area (Å²) >= 11 is 0. The molecule has 0 radical (unpaired) electrons. The summed E-state index contributed by atoms with van der Waals surface area (Å²) in [6, 6.07) is 5.57. The minimum atomic E-state index is -1.00. The van der Waals surface area contributed by atoms with Crippen LogP contribution in [0, 0.1) is 0 Å². The highest BCUT2D eigenvalue weighted by molar-refractivity contribution is 5.93. The Balaban J connectivity index is 0.00000220. The maximum Gasteiger partial charge on any atom is 0.343 e. The van der Waals surface area contributed by atoms with E-state index in [1.165, 1.54) is 18.2 Å². The molecular weight excluding hydrogens is 304 g/mol. The molecule has 2 rings (SSSR count). The van der Waals surface area contributed by atoms with Crippen LogP contribution in [0.3, 0.4) is 0 Å². The summed E-state index contributed by atoms with van der Waals surface area (Å²) in [6.07, 6.45) is 0. The van der Waals surface area contributed by atoms with Gasteiger partial charge in [0.2, 0.25) is 5.75 Å². The Bertz CT molecular complexity index is 661. The molecule has 0 saturated heterocycles. The molecule has 2 aromatic rings. The molecule has 112 valence electrons. The first kappa shape index (κ1) is 16.3. The van der Waals surface area contributed by atoms with Crippen LogP contribution in [0.25, 0.3) is 0 Å². The lowest BCUT2D eigenvalue weighted by molar-refractivity contribution is 0.0728. The average Bonchev–Trinajstić information content (AvgIpc) is 2.40. The van der Waals surface area contributed by atoms with Gasteiger partial charge in [-0.2, -0.15) is 0 Å². The lowest BCUT2D eigenvalue weighted by atomic mass is 10.2. The van der Waals surface area contributed by atoms with Crippen molar-refractivity contribution in [3.63, 3.8) is 0 Å². The standard InChI is InChI=1S/C13H10O7.ClH/c14-7-2-1-3-10(12(7)18)20-13(19)6-4-8(15)11(17)9(16)5-6;/h1-5,14-18H;1H. The third kappa shape index (κ3) is 3.21. The van der Waals surface area contributed by atoms with Crippen LogP contribution in [-0.2, 0) is 0 Å². The summed E-state index contributed by atoms with van der Waals surface area (Å²) in [5.41, 5.74) is -0.249. The van der Waals surface area contributed by atoms with E-state index in [0.717, 1.165) is 12.1 Å². The van der Waals surface area contributed by atoms with Crippen LogP contribution in [0.1, 0.15) is 10.4 Å². The minimum Gasteiger partial charge on any atom is -0.504 e. The van der Waals surface area contributed by atoms with E-state index in [2.05, 4.69) is 0 Å². The molecule has 0 aliphatic rings. The molecule has 5 N–H and O–H groups in total. The van der Waals surface area contributed by atoms with Gasteiger partial charge in [0.15, 0.2) is 28.7 Å². The highest BCUT2D eigenvalue weighted by Gasteiger charge is 2.17. The number of phenolic OH excluding ortho intramolecular Hbond substituents is 5. The Morgan fingerprint density at radius 2 is 1.43 bits per heavy atom. The third-order valence-electron chi connectivity index (χ3n) is 2.49. The summed E-state index contributed by atoms with van der Waals surface area (Å²) in [4.78, 5) is 11.8. The van der Waals surface area contributed by atoms with Crippen molar-refractivity contribution >= 4 is 18.4 Å². The van der Waals surface area contributed by atoms with E-state index in [1.807, 2.05) is 0 Å². The summed E-state index contributed by atoms with van der Waals surface area (Å²) in [5, 5.41) is 46.5. The Morgan fingerprint density at radius 1 is 0.857 bits per heavy atom. The van der Waals surface area contributed by atoms with Crippen molar-refractivity contribution in [1.29, 1.82) is 0 Å². The molecule has 0 bridgehead atoms. The number of phenols is 5. The third-order valence-corrected chi connectivity index (χ3v) is 2.49. The van der Waals surface area contributed by atoms with Crippen LogP contribution < -0.4 is 4.74 Å². The zero-order valence-electron chi connectivity index (χ0n) is 10.3. The van der Waals surface area contributed by atoms with Gasteiger partial charge in [0.25, 0.3) is 0 Å². The maximum absolute atomic E-state index is 11.8. The lowest BCUT2D eigenvalue weighted by Gasteiger charge is -2.08. The van der Waals surface area contributed by atoms with Gasteiger partial charge in [0.05, 0.1) is 5.56 Å². The number of hydrogen-bond donors (Lipinski definition) is 5. The second kappa shape index (κ2) is 6.10. The fourth-order valence-corrected chi connectivity index (χ4v) is 1.47. The number of carbonyl (C=O) groups is 1. The summed E-state index contributed by atoms with van der Waals surface area (Å²) in [7, 11) is 0. The maximum atomic E-state index is 11.8. The summed E-state index contributed by atoms with van der Waals surface area (Å²) < 4.78 is 4.81. The molecule has 0 spiro atoms. The molecule has 0 saturated carbocycles. The van der Waals surface area contributed by atoms with Gasteiger partial charge < -0.3 is 30.3 Å². The van der Waals surface area contributed by atoms with E-state index in [1.54, 1.807) is 0 Å². The van der Waals surface area contributed by atoms with Crippen molar-refractivity contribution in [2.45, 2.75) is 0 Å². The predicted octanol–water partition coefficient (Wildman–Crippen LogP) is 1.86. The van der Waals surface area contributed by atoms with E-state index in [-0.39, 0.29) is 23.7 Å². The second-order valence-corrected chi connectivity index (χ2v) is 3.88.